The summed E-state index contributed by atoms with van der Waals surface area (Å²) in [5, 5.41) is 8.94. The Morgan fingerprint density at radius 1 is 1.35 bits per heavy atom. The molecule has 3 atom stereocenters. The van der Waals surface area contributed by atoms with Crippen LogP contribution in [0.3, 0.4) is 0 Å². The number of rotatable bonds is 4. The number of anilines is 2. The molecule has 1 aliphatic carbocycles. The van der Waals surface area contributed by atoms with Gasteiger partial charge in [-0.1, -0.05) is 0 Å². The van der Waals surface area contributed by atoms with E-state index in [1.807, 2.05) is 23.6 Å². The third kappa shape index (κ3) is 2.79. The maximum atomic E-state index is 13.4. The first kappa shape index (κ1) is 17.4. The molecule has 3 unspecified atom stereocenters. The zero-order valence-electron chi connectivity index (χ0n) is 14.8. The van der Waals surface area contributed by atoms with Crippen LogP contribution in [0.15, 0.2) is 6.07 Å². The van der Waals surface area contributed by atoms with Crippen LogP contribution in [0.2, 0.25) is 0 Å². The predicted molar refractivity (Wildman–Crippen MR) is 90.3 cm³/mol. The second-order valence-corrected chi connectivity index (χ2v) is 7.80. The van der Waals surface area contributed by atoms with Gasteiger partial charge in [0.1, 0.15) is 11.5 Å². The summed E-state index contributed by atoms with van der Waals surface area (Å²) >= 11 is 0. The van der Waals surface area contributed by atoms with E-state index in [1.165, 1.54) is 0 Å². The van der Waals surface area contributed by atoms with E-state index in [1.54, 1.807) is 0 Å². The van der Waals surface area contributed by atoms with Gasteiger partial charge in [0.15, 0.2) is 0 Å². The molecule has 0 radical (unpaired) electrons. The molecule has 4 rings (SSSR count). The topological polar surface area (TPSA) is 56.7 Å². The van der Waals surface area contributed by atoms with Gasteiger partial charge in [0.2, 0.25) is 0 Å². The van der Waals surface area contributed by atoms with Crippen molar-refractivity contribution in [1.29, 1.82) is 0 Å². The second-order valence-electron chi connectivity index (χ2n) is 7.80. The average Bonchev–Trinajstić information content (AvgIpc) is 2.97. The van der Waals surface area contributed by atoms with Crippen molar-refractivity contribution >= 4 is 17.5 Å². The molecule has 142 valence electrons. The molecule has 1 aromatic rings. The maximum absolute atomic E-state index is 13.4. The summed E-state index contributed by atoms with van der Waals surface area (Å²) in [7, 11) is 0. The van der Waals surface area contributed by atoms with Gasteiger partial charge in [-0.15, -0.1) is 0 Å². The lowest BCUT2D eigenvalue weighted by atomic mass is 10.0. The molecule has 0 aromatic carbocycles. The second kappa shape index (κ2) is 5.76. The van der Waals surface area contributed by atoms with Crippen molar-refractivity contribution in [2.45, 2.75) is 38.9 Å². The fraction of sp³-hybridized carbons (Fsp3) is 0.667. The van der Waals surface area contributed by atoms with Crippen LogP contribution in [0.25, 0.3) is 0 Å². The highest BCUT2D eigenvalue weighted by molar-refractivity contribution is 5.69. The minimum absolute atomic E-state index is 0.156. The number of carbonyl (C=O) groups is 1. The quantitative estimate of drug-likeness (QED) is 0.884. The Labute approximate surface area is 149 Å². The first-order valence-corrected chi connectivity index (χ1v) is 8.99. The highest BCUT2D eigenvalue weighted by atomic mass is 19.4. The van der Waals surface area contributed by atoms with E-state index >= 15 is 0 Å². The molecule has 1 aromatic heterocycles. The van der Waals surface area contributed by atoms with Crippen LogP contribution < -0.4 is 9.80 Å². The highest BCUT2D eigenvalue weighted by Gasteiger charge is 2.56. The van der Waals surface area contributed by atoms with Gasteiger partial charge in [-0.3, -0.25) is 4.79 Å². The Hall–Kier alpha value is -1.99. The molecular formula is C18H22F3N3O2. The van der Waals surface area contributed by atoms with E-state index in [0.29, 0.717) is 24.6 Å². The van der Waals surface area contributed by atoms with E-state index in [2.05, 4.69) is 4.98 Å². The fourth-order valence-electron chi connectivity index (χ4n) is 4.52. The zero-order chi connectivity index (χ0) is 18.8. The molecule has 3 fully saturated rings. The monoisotopic (exact) mass is 369 g/mol. The molecule has 26 heavy (non-hydrogen) atoms. The Balaban J connectivity index is 1.62. The SMILES string of the molecule is Cc1c(N2CC3C(CC(=O)O)C3C2)cc(C(F)(F)F)nc1N1CCC1C. The zero-order valence-corrected chi connectivity index (χ0v) is 14.8. The molecular weight excluding hydrogens is 347 g/mol. The van der Waals surface area contributed by atoms with Crippen molar-refractivity contribution in [3.05, 3.63) is 17.3 Å². The minimum atomic E-state index is -4.49. The Kier molecular flexibility index (Phi) is 3.86. The Morgan fingerprint density at radius 2 is 2.00 bits per heavy atom. The summed E-state index contributed by atoms with van der Waals surface area (Å²) in [5.41, 5.74) is 0.512. The maximum Gasteiger partial charge on any atom is 0.433 e. The van der Waals surface area contributed by atoms with Gasteiger partial charge in [-0.25, -0.2) is 4.98 Å². The standard InChI is InChI=1S/C18H22F3N3O2/c1-9-3-4-24(9)17-10(2)14(6-15(22-17)18(19,20)21)23-7-12-11(5-16(25)26)13(12)8-23/h6,9,11-13H,3-5,7-8H2,1-2H3,(H,25,26). The van der Waals surface area contributed by atoms with Crippen molar-refractivity contribution in [2.75, 3.05) is 29.4 Å². The van der Waals surface area contributed by atoms with Crippen LogP contribution >= 0.6 is 0 Å². The van der Waals surface area contributed by atoms with Crippen LogP contribution in [0.5, 0.6) is 0 Å². The molecule has 3 heterocycles. The smallest absolute Gasteiger partial charge is 0.433 e. The molecule has 2 aliphatic heterocycles. The number of fused-ring (bicyclic) bond motifs is 1. The minimum Gasteiger partial charge on any atom is -0.481 e. The summed E-state index contributed by atoms with van der Waals surface area (Å²) < 4.78 is 40.1. The van der Waals surface area contributed by atoms with Gasteiger partial charge >= 0.3 is 12.1 Å². The lowest BCUT2D eigenvalue weighted by molar-refractivity contribution is -0.141. The fourth-order valence-corrected chi connectivity index (χ4v) is 4.52. The van der Waals surface area contributed by atoms with Crippen molar-refractivity contribution in [1.82, 2.24) is 4.98 Å². The van der Waals surface area contributed by atoms with Crippen LogP contribution in [0, 0.1) is 24.7 Å². The number of alkyl halides is 3. The summed E-state index contributed by atoms with van der Waals surface area (Å²) in [6.45, 7) is 5.80. The van der Waals surface area contributed by atoms with Gasteiger partial charge in [-0.05, 0) is 44.1 Å². The number of carboxylic acid groups (broad SMARTS) is 1. The number of aliphatic carboxylic acids is 1. The average molecular weight is 369 g/mol. The van der Waals surface area contributed by atoms with Gasteiger partial charge < -0.3 is 14.9 Å². The van der Waals surface area contributed by atoms with Crippen LogP contribution in [0.1, 0.15) is 31.0 Å². The van der Waals surface area contributed by atoms with E-state index in [9.17, 15) is 18.0 Å². The molecule has 1 saturated carbocycles. The number of piperidine rings is 1. The molecule has 0 spiro atoms. The summed E-state index contributed by atoms with van der Waals surface area (Å²) in [4.78, 5) is 18.7. The number of hydrogen-bond acceptors (Lipinski definition) is 4. The highest BCUT2D eigenvalue weighted by Crippen LogP contribution is 2.55. The van der Waals surface area contributed by atoms with Crippen LogP contribution in [-0.4, -0.2) is 41.7 Å². The number of pyridine rings is 1. The largest absolute Gasteiger partial charge is 0.481 e. The number of carboxylic acids is 1. The van der Waals surface area contributed by atoms with Gasteiger partial charge in [-0.2, -0.15) is 13.2 Å². The molecule has 3 aliphatic rings. The van der Waals surface area contributed by atoms with Gasteiger partial charge in [0, 0.05) is 43.3 Å². The van der Waals surface area contributed by atoms with Crippen molar-refractivity contribution in [3.8, 4) is 0 Å². The first-order valence-electron chi connectivity index (χ1n) is 8.99. The van der Waals surface area contributed by atoms with E-state index in [4.69, 9.17) is 5.11 Å². The normalized spacial score (nSPS) is 30.2. The number of hydrogen-bond donors (Lipinski definition) is 1. The molecule has 2 saturated heterocycles. The molecule has 5 nitrogen and oxygen atoms in total. The van der Waals surface area contributed by atoms with Gasteiger partial charge in [0.25, 0.3) is 0 Å². The molecule has 1 N–H and O–H groups in total. The van der Waals surface area contributed by atoms with Crippen LogP contribution in [-0.2, 0) is 11.0 Å². The van der Waals surface area contributed by atoms with Crippen molar-refractivity contribution in [2.24, 2.45) is 17.8 Å². The third-order valence-electron chi connectivity index (χ3n) is 6.22. The number of nitrogens with zero attached hydrogens (tertiary/aromatic N) is 3. The molecule has 0 amide bonds. The third-order valence-corrected chi connectivity index (χ3v) is 6.22. The summed E-state index contributed by atoms with van der Waals surface area (Å²) in [6, 6.07) is 1.35. The van der Waals surface area contributed by atoms with E-state index in [-0.39, 0.29) is 30.2 Å². The summed E-state index contributed by atoms with van der Waals surface area (Å²) in [5.74, 6) is 0.349. The molecule has 0 bridgehead atoms. The van der Waals surface area contributed by atoms with Crippen molar-refractivity contribution < 1.29 is 23.1 Å². The first-order chi connectivity index (χ1) is 12.2. The van der Waals surface area contributed by atoms with E-state index in [0.717, 1.165) is 24.6 Å². The van der Waals surface area contributed by atoms with Gasteiger partial charge in [0.05, 0.1) is 0 Å². The van der Waals surface area contributed by atoms with Crippen LogP contribution in [0.4, 0.5) is 24.7 Å². The van der Waals surface area contributed by atoms with E-state index < -0.39 is 17.8 Å². The summed E-state index contributed by atoms with van der Waals surface area (Å²) in [6.07, 6.45) is -3.37. The lowest BCUT2D eigenvalue weighted by Gasteiger charge is -2.41. The van der Waals surface area contributed by atoms with Crippen molar-refractivity contribution in [3.63, 3.8) is 0 Å². The Morgan fingerprint density at radius 3 is 2.46 bits per heavy atom. The Bertz CT molecular complexity index is 740. The lowest BCUT2D eigenvalue weighted by Crippen LogP contribution is -2.47. The number of aromatic nitrogens is 1. The number of halogens is 3. The predicted octanol–water partition coefficient (Wildman–Crippen LogP) is 3.16. The molecule has 8 heteroatoms.